The van der Waals surface area contributed by atoms with Gasteiger partial charge in [0.15, 0.2) is 23.0 Å². The predicted octanol–water partition coefficient (Wildman–Crippen LogP) is 0.127. The lowest BCUT2D eigenvalue weighted by Gasteiger charge is -2.39. The normalized spacial score (nSPS) is 31.8. The van der Waals surface area contributed by atoms with E-state index in [9.17, 15) is 30.6 Å². The van der Waals surface area contributed by atoms with E-state index in [1.54, 1.807) is 30.3 Å². The van der Waals surface area contributed by atoms with Gasteiger partial charge in [0.05, 0.1) is 33.5 Å². The molecule has 3 unspecified atom stereocenters. The summed E-state index contributed by atoms with van der Waals surface area (Å²) in [6.07, 6.45) is -6.86. The van der Waals surface area contributed by atoms with Gasteiger partial charge >= 0.3 is 0 Å². The maximum absolute atomic E-state index is 10.3. The van der Waals surface area contributed by atoms with Gasteiger partial charge in [0.1, 0.15) is 24.4 Å². The van der Waals surface area contributed by atoms with E-state index in [1.807, 2.05) is 6.07 Å². The van der Waals surface area contributed by atoms with E-state index < -0.39 is 43.4 Å². The third kappa shape index (κ3) is 5.63. The van der Waals surface area contributed by atoms with Crippen LogP contribution in [0.15, 0.2) is 36.4 Å². The van der Waals surface area contributed by atoms with Gasteiger partial charge in [-0.3, -0.25) is 0 Å². The fourth-order valence-corrected chi connectivity index (χ4v) is 4.92. The highest BCUT2D eigenvalue weighted by Crippen LogP contribution is 2.43. The zero-order valence-corrected chi connectivity index (χ0v) is 20.6. The number of aliphatic hydroxyl groups excluding tert-OH is 5. The second-order valence-electron chi connectivity index (χ2n) is 9.30. The minimum atomic E-state index is -1.57. The molecule has 2 aromatic rings. The highest BCUT2D eigenvalue weighted by Gasteiger charge is 2.45. The van der Waals surface area contributed by atoms with Gasteiger partial charge in [0.25, 0.3) is 0 Å². The Bertz CT molecular complexity index is 1050. The number of hydrogen-bond donors (Lipinski definition) is 6. The molecule has 0 spiro atoms. The van der Waals surface area contributed by atoms with Gasteiger partial charge < -0.3 is 54.3 Å². The lowest BCUT2D eigenvalue weighted by Crippen LogP contribution is -2.60. The number of phenolic OH excluding ortho intramolecular Hbond substituents is 1. The van der Waals surface area contributed by atoms with Crippen molar-refractivity contribution in [1.29, 1.82) is 0 Å². The zero-order chi connectivity index (χ0) is 26.7. The summed E-state index contributed by atoms with van der Waals surface area (Å²) in [5.74, 6) is 0.766. The molecular formula is C26H34O11. The molecule has 2 saturated heterocycles. The van der Waals surface area contributed by atoms with Crippen molar-refractivity contribution in [2.75, 3.05) is 34.0 Å². The van der Waals surface area contributed by atoms with Crippen LogP contribution in [0, 0.1) is 11.8 Å². The molecule has 11 heteroatoms. The van der Waals surface area contributed by atoms with Crippen LogP contribution in [0.25, 0.3) is 0 Å². The van der Waals surface area contributed by atoms with Crippen molar-refractivity contribution in [2.45, 2.75) is 43.2 Å². The van der Waals surface area contributed by atoms with E-state index in [0.717, 1.165) is 11.1 Å². The van der Waals surface area contributed by atoms with Crippen molar-refractivity contribution >= 4 is 0 Å². The second-order valence-corrected chi connectivity index (χ2v) is 9.30. The number of aromatic hydroxyl groups is 1. The van der Waals surface area contributed by atoms with Crippen molar-refractivity contribution in [3.63, 3.8) is 0 Å². The fraction of sp³-hybridized carbons (Fsp3) is 0.538. The van der Waals surface area contributed by atoms with E-state index in [1.165, 1.54) is 14.2 Å². The standard InChI is InChI=1S/C26H34O11/c1-33-19-8-13(3-5-17(19)29)7-15-12-35-25(16(15)10-27)14-4-6-18(20(9-14)34-2)36-26-24(32)23(31)22(30)21(11-28)37-26/h3-6,8-9,15-16,21-32H,7,10-12H2,1-2H3/t15?,16?,21-,22-,23+,24-,25?,26-/m1/s1. The summed E-state index contributed by atoms with van der Waals surface area (Å²) in [7, 11) is 2.93. The van der Waals surface area contributed by atoms with E-state index >= 15 is 0 Å². The van der Waals surface area contributed by atoms with E-state index in [2.05, 4.69) is 0 Å². The first kappa shape index (κ1) is 27.4. The van der Waals surface area contributed by atoms with Gasteiger partial charge in [-0.2, -0.15) is 0 Å². The van der Waals surface area contributed by atoms with Gasteiger partial charge in [-0.15, -0.1) is 0 Å². The van der Waals surface area contributed by atoms with Crippen LogP contribution in [0.2, 0.25) is 0 Å². The molecule has 204 valence electrons. The van der Waals surface area contributed by atoms with E-state index in [-0.39, 0.29) is 29.9 Å². The molecule has 8 atom stereocenters. The molecule has 11 nitrogen and oxygen atoms in total. The molecular weight excluding hydrogens is 488 g/mol. The van der Waals surface area contributed by atoms with Crippen molar-refractivity contribution in [3.8, 4) is 23.0 Å². The Morgan fingerprint density at radius 1 is 0.865 bits per heavy atom. The van der Waals surface area contributed by atoms with Crippen molar-refractivity contribution in [1.82, 2.24) is 0 Å². The van der Waals surface area contributed by atoms with Crippen LogP contribution in [0.4, 0.5) is 0 Å². The van der Waals surface area contributed by atoms with Gasteiger partial charge in [-0.25, -0.2) is 0 Å². The van der Waals surface area contributed by atoms with Gasteiger partial charge in [0, 0.05) is 12.5 Å². The minimum absolute atomic E-state index is 0.0142. The van der Waals surface area contributed by atoms with Crippen LogP contribution in [-0.2, 0) is 15.9 Å². The third-order valence-electron chi connectivity index (χ3n) is 7.04. The Morgan fingerprint density at radius 2 is 1.62 bits per heavy atom. The Hall–Kier alpha value is -2.64. The third-order valence-corrected chi connectivity index (χ3v) is 7.04. The molecule has 37 heavy (non-hydrogen) atoms. The van der Waals surface area contributed by atoms with Crippen LogP contribution in [-0.4, -0.2) is 95.4 Å². The van der Waals surface area contributed by atoms with Crippen LogP contribution in [0.1, 0.15) is 17.2 Å². The number of ether oxygens (including phenoxy) is 5. The molecule has 0 aliphatic carbocycles. The zero-order valence-electron chi connectivity index (χ0n) is 20.6. The van der Waals surface area contributed by atoms with Crippen LogP contribution in [0.5, 0.6) is 23.0 Å². The second kappa shape index (κ2) is 11.8. The van der Waals surface area contributed by atoms with Crippen LogP contribution >= 0.6 is 0 Å². The highest BCUT2D eigenvalue weighted by molar-refractivity contribution is 5.44. The minimum Gasteiger partial charge on any atom is -0.504 e. The summed E-state index contributed by atoms with van der Waals surface area (Å²) in [6.45, 7) is -0.249. The van der Waals surface area contributed by atoms with Gasteiger partial charge in [-0.1, -0.05) is 12.1 Å². The van der Waals surface area contributed by atoms with Crippen LogP contribution in [0.3, 0.4) is 0 Å². The average Bonchev–Trinajstić information content (AvgIpc) is 3.32. The molecule has 2 heterocycles. The van der Waals surface area contributed by atoms with Crippen LogP contribution < -0.4 is 14.2 Å². The number of benzene rings is 2. The summed E-state index contributed by atoms with van der Waals surface area (Å²) in [5, 5.41) is 59.7. The predicted molar refractivity (Wildman–Crippen MR) is 129 cm³/mol. The number of rotatable bonds is 9. The molecule has 2 fully saturated rings. The average molecular weight is 523 g/mol. The van der Waals surface area contributed by atoms with Crippen molar-refractivity contribution in [3.05, 3.63) is 47.5 Å². The smallest absolute Gasteiger partial charge is 0.229 e. The first-order chi connectivity index (χ1) is 17.8. The first-order valence-electron chi connectivity index (χ1n) is 12.0. The first-order valence-corrected chi connectivity index (χ1v) is 12.0. The van der Waals surface area contributed by atoms with Gasteiger partial charge in [-0.05, 0) is 47.7 Å². The topological polar surface area (TPSA) is 168 Å². The molecule has 0 amide bonds. The largest absolute Gasteiger partial charge is 0.504 e. The molecule has 2 aromatic carbocycles. The molecule has 2 aliphatic rings. The molecule has 4 rings (SSSR count). The fourth-order valence-electron chi connectivity index (χ4n) is 4.92. The number of hydrogen-bond acceptors (Lipinski definition) is 11. The molecule has 0 radical (unpaired) electrons. The number of methoxy groups -OCH3 is 2. The molecule has 2 aliphatic heterocycles. The highest BCUT2D eigenvalue weighted by atomic mass is 16.7. The lowest BCUT2D eigenvalue weighted by molar-refractivity contribution is -0.277. The summed E-state index contributed by atoms with van der Waals surface area (Å²) < 4.78 is 27.9. The summed E-state index contributed by atoms with van der Waals surface area (Å²) in [5.41, 5.74) is 1.70. The number of aliphatic hydroxyl groups is 5. The summed E-state index contributed by atoms with van der Waals surface area (Å²) in [6, 6.07) is 10.2. The summed E-state index contributed by atoms with van der Waals surface area (Å²) >= 11 is 0. The Balaban J connectivity index is 1.49. The lowest BCUT2D eigenvalue weighted by atomic mass is 9.84. The summed E-state index contributed by atoms with van der Waals surface area (Å²) in [4.78, 5) is 0. The molecule has 0 aromatic heterocycles. The number of phenols is 1. The maximum atomic E-state index is 10.3. The van der Waals surface area contributed by atoms with E-state index in [0.29, 0.717) is 24.5 Å². The quantitative estimate of drug-likeness (QED) is 0.265. The van der Waals surface area contributed by atoms with Crippen molar-refractivity contribution in [2.24, 2.45) is 11.8 Å². The van der Waals surface area contributed by atoms with Crippen molar-refractivity contribution < 1.29 is 54.3 Å². The molecule has 6 N–H and O–H groups in total. The van der Waals surface area contributed by atoms with E-state index in [4.69, 9.17) is 23.7 Å². The Morgan fingerprint density at radius 3 is 2.30 bits per heavy atom. The monoisotopic (exact) mass is 522 g/mol. The maximum Gasteiger partial charge on any atom is 0.229 e. The van der Waals surface area contributed by atoms with Gasteiger partial charge in [0.2, 0.25) is 6.29 Å². The molecule has 0 bridgehead atoms. The SMILES string of the molecule is COc1cc(CC2COC(c3ccc(O[C@@H]4O[C@H](CO)[C@@H](O)[C@H](O)[C@H]4O)c(OC)c3)C2CO)ccc1O. The molecule has 0 saturated carbocycles. The Kier molecular flexibility index (Phi) is 8.75. The Labute approximate surface area is 214 Å².